The van der Waals surface area contributed by atoms with Gasteiger partial charge in [0.15, 0.2) is 0 Å². The molecule has 10 heteroatoms. The number of halogens is 1. The van der Waals surface area contributed by atoms with Crippen LogP contribution in [0.3, 0.4) is 0 Å². The lowest BCUT2D eigenvalue weighted by atomic mass is 10.0. The molecular formula is C32H38FN5O4. The molecule has 0 unspecified atom stereocenters. The largest absolute Gasteiger partial charge is 0.493 e. The molecule has 2 fully saturated rings. The van der Waals surface area contributed by atoms with E-state index in [1.165, 1.54) is 18.2 Å². The highest BCUT2D eigenvalue weighted by molar-refractivity contribution is 5.97. The average molecular weight is 576 g/mol. The number of fused-ring (bicyclic) bond motifs is 5. The molecule has 2 N–H and O–H groups in total. The summed E-state index contributed by atoms with van der Waals surface area (Å²) in [4.78, 5) is 36.3. The first kappa shape index (κ1) is 28.4. The molecule has 2 aromatic carbocycles. The van der Waals surface area contributed by atoms with Gasteiger partial charge in [0.05, 0.1) is 36.8 Å². The minimum absolute atomic E-state index is 0.0204. The van der Waals surface area contributed by atoms with E-state index in [4.69, 9.17) is 14.5 Å². The number of nitrogens with one attached hydrogen (secondary N) is 2. The molecular weight excluding hydrogens is 537 g/mol. The van der Waals surface area contributed by atoms with E-state index in [1.54, 1.807) is 0 Å². The molecule has 6 rings (SSSR count). The normalized spacial score (nSPS) is 22.5. The fourth-order valence-electron chi connectivity index (χ4n) is 6.14. The maximum atomic E-state index is 14.2. The van der Waals surface area contributed by atoms with E-state index in [1.807, 2.05) is 0 Å². The molecule has 0 radical (unpaired) electrons. The summed E-state index contributed by atoms with van der Waals surface area (Å²) in [6.07, 6.45) is 1.86. The van der Waals surface area contributed by atoms with Gasteiger partial charge in [-0.15, -0.1) is 0 Å². The number of ether oxygens (including phenoxy) is 2. The van der Waals surface area contributed by atoms with Crippen molar-refractivity contribution in [1.29, 1.82) is 0 Å². The molecule has 4 heterocycles. The maximum absolute atomic E-state index is 14.2. The van der Waals surface area contributed by atoms with Crippen LogP contribution in [0.4, 0.5) is 10.2 Å². The quantitative estimate of drug-likeness (QED) is 0.494. The molecule has 3 aliphatic heterocycles. The zero-order chi connectivity index (χ0) is 29.1. The average Bonchev–Trinajstić information content (AvgIpc) is 3.19. The minimum Gasteiger partial charge on any atom is -0.493 e. The number of aromatic nitrogens is 1. The highest BCUT2D eigenvalue weighted by Crippen LogP contribution is 2.29. The summed E-state index contributed by atoms with van der Waals surface area (Å²) in [6, 6.07) is 12.3. The predicted molar refractivity (Wildman–Crippen MR) is 158 cm³/mol. The van der Waals surface area contributed by atoms with Gasteiger partial charge in [-0.25, -0.2) is 9.37 Å². The summed E-state index contributed by atoms with van der Waals surface area (Å²) in [5.41, 5.74) is 3.38. The molecule has 2 bridgehead atoms. The number of nitrogens with zero attached hydrogens (tertiary/aromatic N) is 3. The summed E-state index contributed by atoms with van der Waals surface area (Å²) < 4.78 is 25.6. The number of pyridine rings is 1. The molecule has 3 aliphatic rings. The number of benzene rings is 2. The van der Waals surface area contributed by atoms with Crippen molar-refractivity contribution in [2.24, 2.45) is 5.92 Å². The Kier molecular flexibility index (Phi) is 8.53. The van der Waals surface area contributed by atoms with Crippen LogP contribution in [0.2, 0.25) is 0 Å². The number of carbonyl (C=O) groups is 2. The van der Waals surface area contributed by atoms with Crippen molar-refractivity contribution in [2.75, 3.05) is 57.4 Å². The lowest BCUT2D eigenvalue weighted by Crippen LogP contribution is -2.43. The predicted octanol–water partition coefficient (Wildman–Crippen LogP) is 3.43. The summed E-state index contributed by atoms with van der Waals surface area (Å²) in [6.45, 7) is 7.37. The Bertz CT molecular complexity index is 1460. The molecule has 9 nitrogen and oxygen atoms in total. The second-order valence-corrected chi connectivity index (χ2v) is 11.5. The Morgan fingerprint density at radius 3 is 2.74 bits per heavy atom. The van der Waals surface area contributed by atoms with Crippen LogP contribution >= 0.6 is 0 Å². The van der Waals surface area contributed by atoms with Crippen LogP contribution in [-0.2, 0) is 16.1 Å². The van der Waals surface area contributed by atoms with Gasteiger partial charge in [0.25, 0.3) is 5.91 Å². The molecule has 2 saturated heterocycles. The molecule has 2 atom stereocenters. The van der Waals surface area contributed by atoms with Crippen molar-refractivity contribution >= 4 is 28.5 Å². The second-order valence-electron chi connectivity index (χ2n) is 11.5. The molecule has 3 aromatic rings. The Hall–Kier alpha value is -3.76. The van der Waals surface area contributed by atoms with Gasteiger partial charge in [0.2, 0.25) is 5.91 Å². The van der Waals surface area contributed by atoms with Crippen molar-refractivity contribution in [2.45, 2.75) is 38.8 Å². The third-order valence-electron chi connectivity index (χ3n) is 8.32. The topological polar surface area (TPSA) is 96.0 Å². The number of amides is 2. The SMILES string of the molecule is Cc1ccc2cc(CN3C[C@H]4CC[C@@H](C3)C(=O)NCCCOc3ccc(F)cc3C(=O)N4)c(N3CCOCC3)nc2c1. The van der Waals surface area contributed by atoms with Crippen LogP contribution in [0, 0.1) is 18.7 Å². The maximum Gasteiger partial charge on any atom is 0.255 e. The Morgan fingerprint density at radius 1 is 1.02 bits per heavy atom. The van der Waals surface area contributed by atoms with Gasteiger partial charge in [-0.2, -0.15) is 0 Å². The third kappa shape index (κ3) is 6.50. The summed E-state index contributed by atoms with van der Waals surface area (Å²) in [7, 11) is 0. The van der Waals surface area contributed by atoms with Crippen LogP contribution in [0.5, 0.6) is 5.75 Å². The van der Waals surface area contributed by atoms with E-state index in [0.717, 1.165) is 40.9 Å². The number of anilines is 1. The van der Waals surface area contributed by atoms with Gasteiger partial charge in [0.1, 0.15) is 17.4 Å². The van der Waals surface area contributed by atoms with Gasteiger partial charge in [-0.1, -0.05) is 12.1 Å². The van der Waals surface area contributed by atoms with Gasteiger partial charge in [0, 0.05) is 56.3 Å². The summed E-state index contributed by atoms with van der Waals surface area (Å²) >= 11 is 0. The number of aryl methyl sites for hydroxylation is 1. The van der Waals surface area contributed by atoms with Gasteiger partial charge < -0.3 is 25.0 Å². The summed E-state index contributed by atoms with van der Waals surface area (Å²) in [5.74, 6) is 0.225. The number of likely N-dealkylation sites (tertiary alicyclic amines) is 1. The van der Waals surface area contributed by atoms with E-state index in [2.05, 4.69) is 51.6 Å². The molecule has 42 heavy (non-hydrogen) atoms. The lowest BCUT2D eigenvalue weighted by Gasteiger charge is -2.32. The van der Waals surface area contributed by atoms with Crippen LogP contribution in [0.1, 0.15) is 40.7 Å². The van der Waals surface area contributed by atoms with Gasteiger partial charge in [-0.05, 0) is 62.1 Å². The van der Waals surface area contributed by atoms with Crippen LogP contribution in [0.25, 0.3) is 10.9 Å². The van der Waals surface area contributed by atoms with Crippen LogP contribution < -0.4 is 20.3 Å². The zero-order valence-corrected chi connectivity index (χ0v) is 24.0. The fourth-order valence-corrected chi connectivity index (χ4v) is 6.14. The molecule has 0 saturated carbocycles. The minimum atomic E-state index is -0.488. The third-order valence-corrected chi connectivity index (χ3v) is 8.32. The van der Waals surface area contributed by atoms with E-state index in [9.17, 15) is 14.0 Å². The highest BCUT2D eigenvalue weighted by atomic mass is 19.1. The van der Waals surface area contributed by atoms with Gasteiger partial charge >= 0.3 is 0 Å². The van der Waals surface area contributed by atoms with E-state index >= 15 is 0 Å². The Morgan fingerprint density at radius 2 is 1.88 bits per heavy atom. The number of hydrogen-bond acceptors (Lipinski definition) is 7. The molecule has 222 valence electrons. The van der Waals surface area contributed by atoms with Crippen molar-refractivity contribution < 1.29 is 23.5 Å². The van der Waals surface area contributed by atoms with Gasteiger partial charge in [-0.3, -0.25) is 14.5 Å². The molecule has 0 aliphatic carbocycles. The fraction of sp³-hybridized carbons (Fsp3) is 0.469. The Balaban J connectivity index is 1.32. The first-order valence-corrected chi connectivity index (χ1v) is 14.9. The van der Waals surface area contributed by atoms with Crippen LogP contribution in [-0.4, -0.2) is 80.3 Å². The lowest BCUT2D eigenvalue weighted by molar-refractivity contribution is -0.125. The van der Waals surface area contributed by atoms with Crippen molar-refractivity contribution in [1.82, 2.24) is 20.5 Å². The number of hydrogen-bond donors (Lipinski definition) is 2. The zero-order valence-electron chi connectivity index (χ0n) is 24.0. The highest BCUT2D eigenvalue weighted by Gasteiger charge is 2.31. The number of carbonyl (C=O) groups excluding carboxylic acids is 2. The number of rotatable bonds is 3. The van der Waals surface area contributed by atoms with E-state index < -0.39 is 5.82 Å². The van der Waals surface area contributed by atoms with Crippen molar-refractivity contribution in [3.8, 4) is 5.75 Å². The van der Waals surface area contributed by atoms with Crippen molar-refractivity contribution in [3.63, 3.8) is 0 Å². The smallest absolute Gasteiger partial charge is 0.255 e. The van der Waals surface area contributed by atoms with Crippen molar-refractivity contribution in [3.05, 3.63) is 65.0 Å². The first-order valence-electron chi connectivity index (χ1n) is 14.9. The summed E-state index contributed by atoms with van der Waals surface area (Å²) in [5, 5.41) is 7.27. The second kappa shape index (κ2) is 12.6. The van der Waals surface area contributed by atoms with Crippen LogP contribution in [0.15, 0.2) is 42.5 Å². The first-order chi connectivity index (χ1) is 20.4. The van der Waals surface area contributed by atoms with E-state index in [0.29, 0.717) is 71.0 Å². The molecule has 1 aromatic heterocycles. The number of morpholine rings is 1. The molecule has 2 amide bonds. The van der Waals surface area contributed by atoms with E-state index in [-0.39, 0.29) is 29.3 Å². The standard InChI is InChI=1S/C32H38FN5O4/c1-21-3-4-22-16-24(30(36-28(22)15-21)38-10-13-41-14-11-38)19-37-18-23-5-7-26(20-37)35-32(40)27-17-25(33)6-8-29(27)42-12-2-9-34-31(23)39/h3-4,6,8,15-17,23,26H,2,5,7,9-14,18-20H2,1H3,(H,34,39)(H,35,40)/t23-,26+/m0/s1. The molecule has 0 spiro atoms. The Labute approximate surface area is 245 Å². The monoisotopic (exact) mass is 575 g/mol.